The van der Waals surface area contributed by atoms with Crippen LogP contribution in [0.3, 0.4) is 0 Å². The summed E-state index contributed by atoms with van der Waals surface area (Å²) < 4.78 is 6.32. The number of nitrogens with one attached hydrogen (secondary N) is 1. The quantitative estimate of drug-likeness (QED) is 0.116. The van der Waals surface area contributed by atoms with Crippen molar-refractivity contribution in [1.82, 2.24) is 9.97 Å². The van der Waals surface area contributed by atoms with Crippen LogP contribution in [0.4, 0.5) is 5.82 Å². The van der Waals surface area contributed by atoms with Crippen molar-refractivity contribution in [2.75, 3.05) is 12.3 Å². The first-order chi connectivity index (χ1) is 22.7. The number of allylic oxidation sites excluding steroid dienone is 2. The van der Waals surface area contributed by atoms with Gasteiger partial charge in [0.15, 0.2) is 11.5 Å². The molecule has 0 amide bonds. The van der Waals surface area contributed by atoms with Crippen LogP contribution in [0.2, 0.25) is 0 Å². The number of aromatic nitrogens is 2. The molecule has 9 nitrogen and oxygen atoms in total. The van der Waals surface area contributed by atoms with Crippen molar-refractivity contribution in [2.45, 2.75) is 94.5 Å². The molecule has 9 atom stereocenters. The standard InChI is InChI=1S/C38H49N3O6/c1-2-24-6-3-4-8-32(44)38-25(10-9-24)11-12-26(19-33(38)45)27-13-14-31(43)35(20-27)47-36(34(46)23-42)21-29(18-30-7-5-16-40-30)28-15-17-41-37(39)22-28/h5,7,11-17,20,22,24-26,29,32-34,36,38,40,42-46H,2-4,6,8,18-19,21,23H2,1H3,(H2,39,41). The molecule has 0 spiro atoms. The maximum Gasteiger partial charge on any atom is 0.161 e. The van der Waals surface area contributed by atoms with Gasteiger partial charge in [0.05, 0.1) is 18.8 Å². The summed E-state index contributed by atoms with van der Waals surface area (Å²) in [6, 6.07) is 12.7. The molecule has 1 aromatic carbocycles. The first-order valence-corrected chi connectivity index (χ1v) is 16.9. The molecule has 8 N–H and O–H groups in total. The van der Waals surface area contributed by atoms with Crippen molar-refractivity contribution < 1.29 is 30.3 Å². The van der Waals surface area contributed by atoms with Crippen LogP contribution in [0.1, 0.15) is 80.5 Å². The summed E-state index contributed by atoms with van der Waals surface area (Å²) in [6.45, 7) is 1.62. The Labute approximate surface area is 277 Å². The van der Waals surface area contributed by atoms with Crippen LogP contribution in [0, 0.1) is 29.6 Å². The maximum atomic E-state index is 11.5. The summed E-state index contributed by atoms with van der Waals surface area (Å²) in [5.41, 5.74) is 8.73. The zero-order valence-electron chi connectivity index (χ0n) is 27.1. The molecule has 0 saturated heterocycles. The van der Waals surface area contributed by atoms with Crippen molar-refractivity contribution in [3.05, 3.63) is 83.8 Å². The van der Waals surface area contributed by atoms with Gasteiger partial charge >= 0.3 is 0 Å². The molecular formula is C38H49N3O6. The predicted octanol–water partition coefficient (Wildman–Crippen LogP) is 4.82. The number of benzene rings is 1. The smallest absolute Gasteiger partial charge is 0.161 e. The number of phenols is 1. The number of hydrogen-bond acceptors (Lipinski definition) is 8. The Morgan fingerprint density at radius 1 is 1.06 bits per heavy atom. The van der Waals surface area contributed by atoms with E-state index in [0.29, 0.717) is 37.4 Å². The third-order valence-electron chi connectivity index (χ3n) is 9.83. The fraction of sp³-hybridized carbons (Fsp3) is 0.500. The molecule has 0 saturated carbocycles. The lowest BCUT2D eigenvalue weighted by Gasteiger charge is -2.31. The van der Waals surface area contributed by atoms with E-state index in [-0.39, 0.29) is 29.3 Å². The minimum Gasteiger partial charge on any atom is -0.504 e. The third kappa shape index (κ3) is 8.96. The fourth-order valence-electron chi connectivity index (χ4n) is 7.05. The number of nitrogen functional groups attached to an aromatic ring is 1. The number of rotatable bonds is 11. The Morgan fingerprint density at radius 3 is 2.64 bits per heavy atom. The van der Waals surface area contributed by atoms with Gasteiger partial charge in [-0.15, -0.1) is 0 Å². The van der Waals surface area contributed by atoms with Gasteiger partial charge in [0.1, 0.15) is 18.0 Å². The summed E-state index contributed by atoms with van der Waals surface area (Å²) in [7, 11) is 0. The number of nitrogens with zero attached hydrogens (tertiary/aromatic N) is 1. The average Bonchev–Trinajstić information content (AvgIpc) is 3.52. The van der Waals surface area contributed by atoms with Gasteiger partial charge < -0.3 is 41.0 Å². The predicted molar refractivity (Wildman–Crippen MR) is 182 cm³/mol. The van der Waals surface area contributed by atoms with Gasteiger partial charge in [-0.25, -0.2) is 4.98 Å². The second kappa shape index (κ2) is 16.3. The van der Waals surface area contributed by atoms with Crippen molar-refractivity contribution >= 4 is 5.82 Å². The van der Waals surface area contributed by atoms with Crippen LogP contribution in [0.15, 0.2) is 67.0 Å². The molecule has 2 aliphatic carbocycles. The Kier molecular flexibility index (Phi) is 12.0. The highest BCUT2D eigenvalue weighted by atomic mass is 16.5. The lowest BCUT2D eigenvalue weighted by Crippen LogP contribution is -2.37. The summed E-state index contributed by atoms with van der Waals surface area (Å²) in [5, 5.41) is 54.4. The molecule has 0 fully saturated rings. The number of aliphatic hydroxyl groups is 4. The van der Waals surface area contributed by atoms with Crippen LogP contribution in [0.5, 0.6) is 11.5 Å². The Morgan fingerprint density at radius 2 is 1.89 bits per heavy atom. The van der Waals surface area contributed by atoms with Crippen LogP contribution in [-0.4, -0.2) is 66.5 Å². The summed E-state index contributed by atoms with van der Waals surface area (Å²) >= 11 is 0. The molecule has 252 valence electrons. The van der Waals surface area contributed by atoms with Crippen LogP contribution >= 0.6 is 0 Å². The average molecular weight is 644 g/mol. The Hall–Kier alpha value is -3.81. The van der Waals surface area contributed by atoms with Gasteiger partial charge in [-0.3, -0.25) is 0 Å². The van der Waals surface area contributed by atoms with Gasteiger partial charge in [-0.05, 0) is 92.0 Å². The number of hydrogen-bond donors (Lipinski definition) is 7. The van der Waals surface area contributed by atoms with Crippen LogP contribution in [0.25, 0.3) is 0 Å². The van der Waals surface area contributed by atoms with E-state index in [2.05, 4.69) is 28.7 Å². The van der Waals surface area contributed by atoms with E-state index < -0.39 is 36.9 Å². The monoisotopic (exact) mass is 643 g/mol. The molecule has 2 heterocycles. The van der Waals surface area contributed by atoms with E-state index in [9.17, 15) is 25.5 Å². The molecule has 3 aromatic rings. The Bertz CT molecular complexity index is 1520. The molecule has 9 heteroatoms. The molecular weight excluding hydrogens is 594 g/mol. The van der Waals surface area contributed by atoms with Gasteiger partial charge in [0.25, 0.3) is 0 Å². The normalized spacial score (nSPS) is 26.6. The second-order valence-corrected chi connectivity index (χ2v) is 13.1. The van der Waals surface area contributed by atoms with Crippen molar-refractivity contribution in [3.8, 4) is 23.3 Å². The van der Waals surface area contributed by atoms with E-state index in [1.165, 1.54) is 0 Å². The minimum absolute atomic E-state index is 0.0999. The zero-order valence-corrected chi connectivity index (χ0v) is 27.1. The summed E-state index contributed by atoms with van der Waals surface area (Å²) in [6.07, 6.45) is 9.87. The number of H-pyrrole nitrogens is 1. The van der Waals surface area contributed by atoms with E-state index >= 15 is 0 Å². The number of fused-ring (bicyclic) bond motifs is 1. The number of anilines is 1. The number of aromatic hydroxyl groups is 1. The summed E-state index contributed by atoms with van der Waals surface area (Å²) in [4.78, 5) is 7.35. The van der Waals surface area contributed by atoms with Gasteiger partial charge in [0, 0.05) is 41.8 Å². The highest BCUT2D eigenvalue weighted by Crippen LogP contribution is 2.40. The molecule has 5 rings (SSSR count). The van der Waals surface area contributed by atoms with Crippen molar-refractivity contribution in [3.63, 3.8) is 0 Å². The highest BCUT2D eigenvalue weighted by Gasteiger charge is 2.36. The molecule has 2 aromatic heterocycles. The SMILES string of the molecule is CCC1C#CC2C=CC(c3ccc(O)c(OC(CC(Cc4ccc[nH]4)c4ccnc(N)c4)C(O)CO)c3)CC(O)C2C(O)CCCC1. The fourth-order valence-corrected chi connectivity index (χ4v) is 7.05. The number of aliphatic hydroxyl groups excluding tert-OH is 4. The number of aromatic amines is 1. The van der Waals surface area contributed by atoms with Gasteiger partial charge in [0.2, 0.25) is 0 Å². The number of nitrogens with two attached hydrogens (primary N) is 1. The molecule has 47 heavy (non-hydrogen) atoms. The van der Waals surface area contributed by atoms with Crippen molar-refractivity contribution in [2.24, 2.45) is 17.8 Å². The number of ether oxygens (including phenoxy) is 1. The maximum absolute atomic E-state index is 11.5. The van der Waals surface area contributed by atoms with E-state index in [0.717, 1.165) is 42.5 Å². The van der Waals surface area contributed by atoms with Gasteiger partial charge in [-0.2, -0.15) is 0 Å². The van der Waals surface area contributed by atoms with E-state index in [4.69, 9.17) is 10.5 Å². The second-order valence-electron chi connectivity index (χ2n) is 13.1. The van der Waals surface area contributed by atoms with Crippen molar-refractivity contribution in [1.29, 1.82) is 0 Å². The lowest BCUT2D eigenvalue weighted by atomic mass is 9.79. The highest BCUT2D eigenvalue weighted by molar-refractivity contribution is 5.44. The first kappa shape index (κ1) is 34.5. The zero-order chi connectivity index (χ0) is 33.3. The van der Waals surface area contributed by atoms with E-state index in [1.54, 1.807) is 30.5 Å². The molecule has 0 radical (unpaired) electrons. The molecule has 0 aliphatic heterocycles. The molecule has 2 aliphatic rings. The Balaban J connectivity index is 1.40. The van der Waals surface area contributed by atoms with Crippen LogP contribution < -0.4 is 10.5 Å². The van der Waals surface area contributed by atoms with E-state index in [1.807, 2.05) is 36.5 Å². The minimum atomic E-state index is -1.22. The topological polar surface area (TPSA) is 165 Å². The number of phenolic OH excluding ortho intramolecular Hbond substituents is 1. The first-order valence-electron chi connectivity index (χ1n) is 16.9. The number of pyridine rings is 1. The summed E-state index contributed by atoms with van der Waals surface area (Å²) in [5.74, 6) is 6.55. The molecule has 9 unspecified atom stereocenters. The lowest BCUT2D eigenvalue weighted by molar-refractivity contribution is -0.00875. The van der Waals surface area contributed by atoms with Crippen LogP contribution in [-0.2, 0) is 6.42 Å². The largest absolute Gasteiger partial charge is 0.504 e. The molecule has 0 bridgehead atoms. The van der Waals surface area contributed by atoms with Gasteiger partial charge in [-0.1, -0.05) is 49.8 Å². The third-order valence-corrected chi connectivity index (χ3v) is 9.83.